The molecule has 2 aliphatic heterocycles. The van der Waals surface area contributed by atoms with Crippen molar-refractivity contribution < 1.29 is 28.8 Å². The van der Waals surface area contributed by atoms with Crippen molar-refractivity contribution in [3.63, 3.8) is 0 Å². The summed E-state index contributed by atoms with van der Waals surface area (Å²) in [6, 6.07) is 0. The number of nitrogens with two attached hydrogens (primary N) is 1. The number of carbonyl (C=O) groups is 1. The van der Waals surface area contributed by atoms with Crippen LogP contribution in [0.1, 0.15) is 134 Å². The standard InChI is InChI=1S/C40H61N5O6/c1-24(2)12-9-13-25(3)14-10-15-26(4)16-11-18-40(8)19-17-31-29(7)34(27(5)28(6)35(31)51-40)50-39(47)49-32-20-30(21-46)48-38(32)45-23-44-33-36(41)42-22-43-37(33)45/h22-26,30,32,38,46H,9-21H2,1-8H3,(H2,41,42,43)/t25?,26?,30-,32+,38+,40?/m0/s1. The van der Waals surface area contributed by atoms with Crippen molar-refractivity contribution in [1.29, 1.82) is 0 Å². The molecule has 0 spiro atoms. The predicted molar refractivity (Wildman–Crippen MR) is 199 cm³/mol. The van der Waals surface area contributed by atoms with Crippen molar-refractivity contribution in [2.24, 2.45) is 17.8 Å². The van der Waals surface area contributed by atoms with Gasteiger partial charge in [-0.15, -0.1) is 0 Å². The monoisotopic (exact) mass is 707 g/mol. The maximum atomic E-state index is 13.4. The summed E-state index contributed by atoms with van der Waals surface area (Å²) in [5.41, 5.74) is 10.4. The summed E-state index contributed by atoms with van der Waals surface area (Å²) in [7, 11) is 0. The van der Waals surface area contributed by atoms with E-state index in [-0.39, 0.29) is 24.4 Å². The summed E-state index contributed by atoms with van der Waals surface area (Å²) < 4.78 is 26.3. The van der Waals surface area contributed by atoms with Gasteiger partial charge in [-0.25, -0.2) is 19.7 Å². The zero-order valence-electron chi connectivity index (χ0n) is 32.2. The van der Waals surface area contributed by atoms with Gasteiger partial charge in [0, 0.05) is 12.0 Å². The van der Waals surface area contributed by atoms with Gasteiger partial charge in [0.2, 0.25) is 0 Å². The Morgan fingerprint density at radius 1 is 1.00 bits per heavy atom. The molecule has 11 heteroatoms. The number of anilines is 1. The molecule has 282 valence electrons. The lowest BCUT2D eigenvalue weighted by atomic mass is 9.83. The van der Waals surface area contributed by atoms with Gasteiger partial charge in [0.25, 0.3) is 0 Å². The molecule has 0 bridgehead atoms. The molecule has 1 aromatic carbocycles. The Balaban J connectivity index is 1.16. The van der Waals surface area contributed by atoms with Gasteiger partial charge in [0.05, 0.1) is 19.0 Å². The van der Waals surface area contributed by atoms with E-state index in [4.69, 9.17) is 24.7 Å². The highest BCUT2D eigenvalue weighted by Gasteiger charge is 2.41. The molecule has 3 aromatic rings. The summed E-state index contributed by atoms with van der Waals surface area (Å²) in [5.74, 6) is 4.02. The number of imidazole rings is 1. The van der Waals surface area contributed by atoms with E-state index in [2.05, 4.69) is 49.6 Å². The molecule has 4 heterocycles. The Kier molecular flexibility index (Phi) is 12.9. The van der Waals surface area contributed by atoms with Crippen molar-refractivity contribution in [1.82, 2.24) is 19.5 Å². The van der Waals surface area contributed by atoms with Crippen LogP contribution in [0.5, 0.6) is 11.5 Å². The number of aliphatic hydroxyl groups excluding tert-OH is 1. The first-order valence-corrected chi connectivity index (χ1v) is 19.2. The van der Waals surface area contributed by atoms with Crippen molar-refractivity contribution >= 4 is 23.1 Å². The molecule has 6 atom stereocenters. The number of nitrogens with zero attached hydrogens (tertiary/aromatic N) is 4. The van der Waals surface area contributed by atoms with Crippen molar-refractivity contribution in [3.05, 3.63) is 34.9 Å². The number of aliphatic hydroxyl groups is 1. The van der Waals surface area contributed by atoms with Crippen molar-refractivity contribution in [2.45, 2.75) is 156 Å². The third kappa shape index (κ3) is 9.33. The summed E-state index contributed by atoms with van der Waals surface area (Å²) in [4.78, 5) is 26.0. The molecule has 0 aliphatic carbocycles. The van der Waals surface area contributed by atoms with Gasteiger partial charge in [-0.2, -0.15) is 0 Å². The number of carbonyl (C=O) groups excluding carboxylic acids is 1. The highest BCUT2D eigenvalue weighted by molar-refractivity contribution is 5.81. The minimum absolute atomic E-state index is 0.226. The van der Waals surface area contributed by atoms with E-state index in [1.807, 2.05) is 20.8 Å². The van der Waals surface area contributed by atoms with E-state index in [1.165, 1.54) is 57.6 Å². The van der Waals surface area contributed by atoms with Gasteiger partial charge in [-0.05, 0) is 87.8 Å². The molecule has 1 fully saturated rings. The van der Waals surface area contributed by atoms with E-state index in [0.717, 1.165) is 71.4 Å². The number of aromatic nitrogens is 4. The molecule has 0 saturated carbocycles. The zero-order chi connectivity index (χ0) is 36.9. The third-order valence-electron chi connectivity index (χ3n) is 11.3. The number of hydrogen-bond acceptors (Lipinski definition) is 10. The zero-order valence-corrected chi connectivity index (χ0v) is 32.2. The van der Waals surface area contributed by atoms with Crippen LogP contribution in [0.2, 0.25) is 0 Å². The summed E-state index contributed by atoms with van der Waals surface area (Å²) in [6.07, 6.45) is 13.4. The van der Waals surface area contributed by atoms with Crippen LogP contribution in [-0.2, 0) is 15.9 Å². The molecule has 5 rings (SSSR count). The highest BCUT2D eigenvalue weighted by Crippen LogP contribution is 2.45. The predicted octanol–water partition coefficient (Wildman–Crippen LogP) is 8.72. The van der Waals surface area contributed by atoms with Gasteiger partial charge in [0.15, 0.2) is 23.8 Å². The lowest BCUT2D eigenvalue weighted by molar-refractivity contribution is -0.0570. The molecule has 3 unspecified atom stereocenters. The number of benzene rings is 1. The molecule has 2 aliphatic rings. The highest BCUT2D eigenvalue weighted by atomic mass is 16.7. The second-order valence-electron chi connectivity index (χ2n) is 16.1. The van der Waals surface area contributed by atoms with Gasteiger partial charge in [0.1, 0.15) is 28.9 Å². The summed E-state index contributed by atoms with van der Waals surface area (Å²) >= 11 is 0. The van der Waals surface area contributed by atoms with Gasteiger partial charge in [-0.3, -0.25) is 4.57 Å². The lowest BCUT2D eigenvalue weighted by Gasteiger charge is -2.38. The molecule has 11 nitrogen and oxygen atoms in total. The Morgan fingerprint density at radius 2 is 1.69 bits per heavy atom. The molecule has 51 heavy (non-hydrogen) atoms. The van der Waals surface area contributed by atoms with Gasteiger partial charge < -0.3 is 29.8 Å². The lowest BCUT2D eigenvalue weighted by Crippen LogP contribution is -2.37. The van der Waals surface area contributed by atoms with Crippen molar-refractivity contribution in [2.75, 3.05) is 12.3 Å². The van der Waals surface area contributed by atoms with Crippen LogP contribution < -0.4 is 15.2 Å². The van der Waals surface area contributed by atoms with Crippen LogP contribution in [0.3, 0.4) is 0 Å². The minimum Gasteiger partial charge on any atom is -0.487 e. The smallest absolute Gasteiger partial charge is 0.487 e. The maximum absolute atomic E-state index is 13.4. The van der Waals surface area contributed by atoms with Gasteiger partial charge >= 0.3 is 6.16 Å². The molecule has 0 radical (unpaired) electrons. The molecule has 3 N–H and O–H groups in total. The van der Waals surface area contributed by atoms with Crippen LogP contribution in [0.25, 0.3) is 11.2 Å². The van der Waals surface area contributed by atoms with Crippen LogP contribution in [-0.4, -0.2) is 55.2 Å². The molecular formula is C40H61N5O6. The maximum Gasteiger partial charge on any atom is 0.514 e. The number of hydrogen-bond donors (Lipinski definition) is 2. The number of ether oxygens (including phenoxy) is 4. The van der Waals surface area contributed by atoms with Crippen LogP contribution in [0.15, 0.2) is 12.7 Å². The average Bonchev–Trinajstić information content (AvgIpc) is 3.70. The number of rotatable bonds is 16. The second-order valence-corrected chi connectivity index (χ2v) is 16.1. The number of nitrogen functional groups attached to an aromatic ring is 1. The fourth-order valence-corrected chi connectivity index (χ4v) is 7.88. The number of fused-ring (bicyclic) bond motifs is 2. The first-order chi connectivity index (χ1) is 24.3. The SMILES string of the molecule is Cc1c(C)c2c(c(C)c1OC(=O)O[C@@H]1C[C@@H](CO)O[C@H]1n1cnc3c(N)ncnc31)CCC(C)(CCCC(C)CCCC(C)CCCC(C)C)O2. The molecule has 0 amide bonds. The summed E-state index contributed by atoms with van der Waals surface area (Å²) in [6.45, 7) is 17.5. The van der Waals surface area contributed by atoms with Crippen LogP contribution >= 0.6 is 0 Å². The topological polar surface area (TPSA) is 144 Å². The summed E-state index contributed by atoms with van der Waals surface area (Å²) in [5, 5.41) is 9.85. The first kappa shape index (κ1) is 38.8. The quantitative estimate of drug-likeness (QED) is 0.110. The fraction of sp³-hybridized carbons (Fsp3) is 0.700. The Labute approximate surface area is 304 Å². The Morgan fingerprint density at radius 3 is 2.37 bits per heavy atom. The second kappa shape index (κ2) is 16.9. The molecule has 2 aromatic heterocycles. The van der Waals surface area contributed by atoms with E-state index >= 15 is 0 Å². The molecule has 1 saturated heterocycles. The normalized spacial score (nSPS) is 22.9. The van der Waals surface area contributed by atoms with Crippen molar-refractivity contribution in [3.8, 4) is 11.5 Å². The van der Waals surface area contributed by atoms with Gasteiger partial charge in [-0.1, -0.05) is 72.6 Å². The Bertz CT molecular complexity index is 1640. The third-order valence-corrected chi connectivity index (χ3v) is 11.3. The van der Waals surface area contributed by atoms with E-state index in [0.29, 0.717) is 16.9 Å². The van der Waals surface area contributed by atoms with E-state index in [1.54, 1.807) is 4.57 Å². The van der Waals surface area contributed by atoms with Crippen LogP contribution in [0.4, 0.5) is 10.6 Å². The fourth-order valence-electron chi connectivity index (χ4n) is 7.88. The average molecular weight is 708 g/mol. The molecular weight excluding hydrogens is 646 g/mol. The van der Waals surface area contributed by atoms with Crippen LogP contribution in [0, 0.1) is 38.5 Å². The van der Waals surface area contributed by atoms with E-state index in [9.17, 15) is 9.90 Å². The minimum atomic E-state index is -0.840. The Hall–Kier alpha value is -3.44. The van der Waals surface area contributed by atoms with E-state index < -0.39 is 24.6 Å². The largest absolute Gasteiger partial charge is 0.514 e. The first-order valence-electron chi connectivity index (χ1n) is 19.2.